The molecular formula is C11H18ClNOS. The van der Waals surface area contributed by atoms with E-state index in [1.54, 1.807) is 11.3 Å². The molecule has 0 fully saturated rings. The van der Waals surface area contributed by atoms with Crippen molar-refractivity contribution in [2.24, 2.45) is 5.92 Å². The lowest BCUT2D eigenvalue weighted by atomic mass is 10.0. The van der Waals surface area contributed by atoms with Crippen molar-refractivity contribution >= 4 is 22.9 Å². The van der Waals surface area contributed by atoms with Gasteiger partial charge in [0.05, 0.1) is 10.9 Å². The normalized spacial score (nSPS) is 13.8. The van der Waals surface area contributed by atoms with E-state index in [1.807, 2.05) is 19.2 Å². The van der Waals surface area contributed by atoms with Gasteiger partial charge < -0.3 is 5.11 Å². The van der Waals surface area contributed by atoms with Crippen molar-refractivity contribution in [2.45, 2.75) is 26.4 Å². The molecule has 0 bridgehead atoms. The minimum absolute atomic E-state index is 0.202. The first-order valence-corrected chi connectivity index (χ1v) is 6.29. The maximum absolute atomic E-state index is 9.29. The molecule has 0 saturated carbocycles. The molecule has 0 saturated heterocycles. The smallest absolute Gasteiger partial charge is 0.0931 e. The molecule has 1 unspecified atom stereocenters. The van der Waals surface area contributed by atoms with Crippen LogP contribution in [0.2, 0.25) is 4.34 Å². The summed E-state index contributed by atoms with van der Waals surface area (Å²) in [7, 11) is 2.04. The summed E-state index contributed by atoms with van der Waals surface area (Å²) >= 11 is 7.47. The van der Waals surface area contributed by atoms with Gasteiger partial charge in [-0.2, -0.15) is 0 Å². The van der Waals surface area contributed by atoms with E-state index in [0.717, 1.165) is 10.9 Å². The lowest BCUT2D eigenvalue weighted by Gasteiger charge is -2.29. The van der Waals surface area contributed by atoms with Crippen LogP contribution in [0.5, 0.6) is 0 Å². The highest BCUT2D eigenvalue weighted by Gasteiger charge is 2.18. The number of halogens is 1. The Kier molecular flexibility index (Phi) is 5.06. The maximum Gasteiger partial charge on any atom is 0.0931 e. The summed E-state index contributed by atoms with van der Waals surface area (Å²) in [6, 6.07) is 4.17. The van der Waals surface area contributed by atoms with Crippen molar-refractivity contribution in [3.63, 3.8) is 0 Å². The Morgan fingerprint density at radius 3 is 2.53 bits per heavy atom. The van der Waals surface area contributed by atoms with Crippen LogP contribution in [-0.2, 0) is 6.54 Å². The van der Waals surface area contributed by atoms with Crippen LogP contribution in [0.25, 0.3) is 0 Å². The van der Waals surface area contributed by atoms with Gasteiger partial charge in [-0.3, -0.25) is 4.90 Å². The average Bonchev–Trinajstić information content (AvgIpc) is 2.51. The fourth-order valence-electron chi connectivity index (χ4n) is 1.66. The predicted molar refractivity (Wildman–Crippen MR) is 66.5 cm³/mol. The summed E-state index contributed by atoms with van der Waals surface area (Å²) in [4.78, 5) is 3.41. The van der Waals surface area contributed by atoms with Crippen LogP contribution in [0.4, 0.5) is 0 Å². The van der Waals surface area contributed by atoms with Gasteiger partial charge in [-0.15, -0.1) is 11.3 Å². The molecule has 1 heterocycles. The predicted octanol–water partition coefficient (Wildman–Crippen LogP) is 2.85. The van der Waals surface area contributed by atoms with Crippen molar-refractivity contribution in [3.05, 3.63) is 21.3 Å². The molecule has 0 amide bonds. The molecule has 1 rings (SSSR count). The molecular weight excluding hydrogens is 230 g/mol. The molecule has 0 aliphatic heterocycles. The Morgan fingerprint density at radius 1 is 1.47 bits per heavy atom. The topological polar surface area (TPSA) is 23.5 Å². The molecule has 0 aliphatic rings. The van der Waals surface area contributed by atoms with E-state index in [0.29, 0.717) is 5.92 Å². The summed E-state index contributed by atoms with van der Waals surface area (Å²) < 4.78 is 0.823. The lowest BCUT2D eigenvalue weighted by Crippen LogP contribution is -2.38. The van der Waals surface area contributed by atoms with Gasteiger partial charge in [0.15, 0.2) is 0 Å². The SMILES string of the molecule is CC(C)C(CO)N(C)Cc1ccc(Cl)s1. The van der Waals surface area contributed by atoms with Crippen LogP contribution < -0.4 is 0 Å². The third-order valence-corrected chi connectivity index (χ3v) is 3.77. The molecule has 2 nitrogen and oxygen atoms in total. The standard InChI is InChI=1S/C11H18ClNOS/c1-8(2)10(7-14)13(3)6-9-4-5-11(12)15-9/h4-5,8,10,14H,6-7H2,1-3H3. The van der Waals surface area contributed by atoms with Gasteiger partial charge in [0.1, 0.15) is 0 Å². The van der Waals surface area contributed by atoms with E-state index < -0.39 is 0 Å². The largest absolute Gasteiger partial charge is 0.395 e. The van der Waals surface area contributed by atoms with Gasteiger partial charge in [-0.25, -0.2) is 0 Å². The molecule has 1 N–H and O–H groups in total. The molecule has 0 spiro atoms. The summed E-state index contributed by atoms with van der Waals surface area (Å²) in [5.74, 6) is 0.454. The van der Waals surface area contributed by atoms with Crippen LogP contribution in [-0.4, -0.2) is 29.7 Å². The number of aliphatic hydroxyl groups is 1. The van der Waals surface area contributed by atoms with Crippen LogP contribution in [0.15, 0.2) is 12.1 Å². The van der Waals surface area contributed by atoms with Crippen LogP contribution in [0.3, 0.4) is 0 Å². The van der Waals surface area contributed by atoms with E-state index in [4.69, 9.17) is 11.6 Å². The van der Waals surface area contributed by atoms with Crippen LogP contribution in [0, 0.1) is 5.92 Å². The zero-order valence-corrected chi connectivity index (χ0v) is 11.0. The second-order valence-corrected chi connectivity index (χ2v) is 5.91. The number of aliphatic hydroxyl groups excluding tert-OH is 1. The Balaban J connectivity index is 2.57. The minimum atomic E-state index is 0.202. The van der Waals surface area contributed by atoms with Crippen molar-refractivity contribution in [1.82, 2.24) is 4.90 Å². The van der Waals surface area contributed by atoms with Gasteiger partial charge in [0.25, 0.3) is 0 Å². The molecule has 1 aromatic heterocycles. The molecule has 1 atom stereocenters. The van der Waals surface area contributed by atoms with Gasteiger partial charge in [-0.05, 0) is 25.1 Å². The highest BCUT2D eigenvalue weighted by Crippen LogP contribution is 2.23. The van der Waals surface area contributed by atoms with Gasteiger partial charge in [0, 0.05) is 17.5 Å². The van der Waals surface area contributed by atoms with Crippen LogP contribution >= 0.6 is 22.9 Å². The molecule has 1 aromatic rings. The quantitative estimate of drug-likeness (QED) is 0.865. The van der Waals surface area contributed by atoms with E-state index in [1.165, 1.54) is 4.88 Å². The molecule has 4 heteroatoms. The third-order valence-electron chi connectivity index (χ3n) is 2.56. The Hall–Kier alpha value is -0.0900. The van der Waals surface area contributed by atoms with Crippen molar-refractivity contribution in [3.8, 4) is 0 Å². The van der Waals surface area contributed by atoms with Crippen molar-refractivity contribution in [1.29, 1.82) is 0 Å². The number of hydrogen-bond acceptors (Lipinski definition) is 3. The monoisotopic (exact) mass is 247 g/mol. The number of nitrogens with zero attached hydrogens (tertiary/aromatic N) is 1. The zero-order chi connectivity index (χ0) is 11.4. The third kappa shape index (κ3) is 3.76. The van der Waals surface area contributed by atoms with Crippen molar-refractivity contribution < 1.29 is 5.11 Å². The highest BCUT2D eigenvalue weighted by molar-refractivity contribution is 7.16. The van der Waals surface area contributed by atoms with Gasteiger partial charge in [-0.1, -0.05) is 25.4 Å². The minimum Gasteiger partial charge on any atom is -0.395 e. The first-order valence-electron chi connectivity index (χ1n) is 5.10. The first kappa shape index (κ1) is 13.0. The van der Waals surface area contributed by atoms with E-state index >= 15 is 0 Å². The second kappa shape index (κ2) is 5.85. The Labute approximate surface area is 100 Å². The zero-order valence-electron chi connectivity index (χ0n) is 9.40. The summed E-state index contributed by atoms with van der Waals surface area (Å²) in [6.07, 6.45) is 0. The fourth-order valence-corrected chi connectivity index (χ4v) is 2.81. The average molecular weight is 248 g/mol. The number of rotatable bonds is 5. The van der Waals surface area contributed by atoms with Gasteiger partial charge in [0.2, 0.25) is 0 Å². The van der Waals surface area contributed by atoms with E-state index in [9.17, 15) is 5.11 Å². The highest BCUT2D eigenvalue weighted by atomic mass is 35.5. The number of hydrogen-bond donors (Lipinski definition) is 1. The van der Waals surface area contributed by atoms with Gasteiger partial charge >= 0.3 is 0 Å². The van der Waals surface area contributed by atoms with Crippen molar-refractivity contribution in [2.75, 3.05) is 13.7 Å². The number of thiophene rings is 1. The summed E-state index contributed by atoms with van der Waals surface area (Å²) in [5.41, 5.74) is 0. The fraction of sp³-hybridized carbons (Fsp3) is 0.636. The van der Waals surface area contributed by atoms with E-state index in [2.05, 4.69) is 18.7 Å². The molecule has 0 aromatic carbocycles. The molecule has 0 aliphatic carbocycles. The Bertz CT molecular complexity index is 301. The Morgan fingerprint density at radius 2 is 2.13 bits per heavy atom. The van der Waals surface area contributed by atoms with Crippen LogP contribution in [0.1, 0.15) is 18.7 Å². The molecule has 15 heavy (non-hydrogen) atoms. The van der Waals surface area contributed by atoms with E-state index in [-0.39, 0.29) is 12.6 Å². The second-order valence-electron chi connectivity index (χ2n) is 4.11. The summed E-state index contributed by atoms with van der Waals surface area (Å²) in [6.45, 7) is 5.30. The maximum atomic E-state index is 9.29. The first-order chi connectivity index (χ1) is 7.04. The molecule has 86 valence electrons. The summed E-state index contributed by atoms with van der Waals surface area (Å²) in [5, 5.41) is 9.29. The molecule has 0 radical (unpaired) electrons. The lowest BCUT2D eigenvalue weighted by molar-refractivity contribution is 0.108. The number of likely N-dealkylation sites (N-methyl/N-ethyl adjacent to an activating group) is 1.